The predicted molar refractivity (Wildman–Crippen MR) is 221 cm³/mol. The van der Waals surface area contributed by atoms with Crippen LogP contribution in [0.2, 0.25) is 0 Å². The van der Waals surface area contributed by atoms with Gasteiger partial charge in [-0.05, 0) is 101 Å². The summed E-state index contributed by atoms with van der Waals surface area (Å²) in [6.45, 7) is 8.56. The standard InChI is InChI=1S/C44H49N9O7/c1-44(2,3)60-43(59)51-18-13-27(14-19-51)28-7-10-34-35(22-28)48-36(25-46-34)29-24-47-52(26-29)31-15-20-50(21-16-31)39(55)6-4-5-17-45-30-8-9-32-33(23-30)42(58)53(41(32)57)37-11-12-38(54)49-40(37)56/h7-10,13,22-26,31,37,45H,4-6,11-12,14-21H2,1-3H3,(H,49,54,56). The van der Waals surface area contributed by atoms with E-state index in [1.807, 2.05) is 54.9 Å². The number of hydrogen-bond donors (Lipinski definition) is 2. The summed E-state index contributed by atoms with van der Waals surface area (Å²) in [5.74, 6) is -2.01. The minimum atomic E-state index is -1.00. The number of carbonyl (C=O) groups is 6. The van der Waals surface area contributed by atoms with E-state index in [2.05, 4.69) is 32.9 Å². The van der Waals surface area contributed by atoms with Gasteiger partial charge in [0.1, 0.15) is 11.6 Å². The van der Waals surface area contributed by atoms with Crippen LogP contribution in [0.5, 0.6) is 0 Å². The molecule has 2 aromatic carbocycles. The molecular weight excluding hydrogens is 767 g/mol. The molecule has 60 heavy (non-hydrogen) atoms. The third kappa shape index (κ3) is 8.63. The van der Waals surface area contributed by atoms with Crippen LogP contribution in [0.3, 0.4) is 0 Å². The highest BCUT2D eigenvalue weighted by Gasteiger charge is 2.44. The molecule has 0 aliphatic carbocycles. The number of rotatable bonds is 10. The van der Waals surface area contributed by atoms with Crippen molar-refractivity contribution in [3.8, 4) is 11.3 Å². The lowest BCUT2D eigenvalue weighted by Gasteiger charge is -2.32. The SMILES string of the molecule is CC(C)(C)OC(=O)N1CC=C(c2ccc3ncc(-c4cnn(C5CCN(C(=O)CCCCNc6ccc7c(c6)C(=O)N(C6CCC(=O)NC6=O)C7=O)CC5)c4)nc3c2)CC1. The van der Waals surface area contributed by atoms with Crippen molar-refractivity contribution in [3.05, 3.63) is 77.8 Å². The fraction of sp³-hybridized carbons (Fsp3) is 0.432. The number of ether oxygens (including phenoxy) is 1. The molecule has 4 aromatic rings. The number of anilines is 1. The van der Waals surface area contributed by atoms with Gasteiger partial charge in [0.2, 0.25) is 17.7 Å². The van der Waals surface area contributed by atoms with Crippen LogP contribution in [0.4, 0.5) is 10.5 Å². The van der Waals surface area contributed by atoms with Crippen molar-refractivity contribution in [1.82, 2.24) is 39.8 Å². The van der Waals surface area contributed by atoms with Gasteiger partial charge in [-0.25, -0.2) is 9.78 Å². The Morgan fingerprint density at radius 1 is 0.867 bits per heavy atom. The lowest BCUT2D eigenvalue weighted by molar-refractivity contribution is -0.136. The summed E-state index contributed by atoms with van der Waals surface area (Å²) in [4.78, 5) is 89.8. The molecule has 16 nitrogen and oxygen atoms in total. The zero-order valence-electron chi connectivity index (χ0n) is 34.1. The van der Waals surface area contributed by atoms with Crippen molar-refractivity contribution in [3.63, 3.8) is 0 Å². The highest BCUT2D eigenvalue weighted by Crippen LogP contribution is 2.31. The van der Waals surface area contributed by atoms with E-state index in [4.69, 9.17) is 9.72 Å². The summed E-state index contributed by atoms with van der Waals surface area (Å²) < 4.78 is 7.51. The molecule has 2 saturated heterocycles. The lowest BCUT2D eigenvalue weighted by atomic mass is 9.99. The second-order valence-electron chi connectivity index (χ2n) is 16.8. The highest BCUT2D eigenvalue weighted by molar-refractivity contribution is 6.23. The second-order valence-corrected chi connectivity index (χ2v) is 16.8. The van der Waals surface area contributed by atoms with Crippen LogP contribution in [0.15, 0.2) is 61.1 Å². The quantitative estimate of drug-likeness (QED) is 0.155. The smallest absolute Gasteiger partial charge is 0.410 e. The number of nitrogens with zero attached hydrogens (tertiary/aromatic N) is 7. The summed E-state index contributed by atoms with van der Waals surface area (Å²) in [6, 6.07) is 10.2. The topological polar surface area (TPSA) is 189 Å². The Balaban J connectivity index is 0.785. The van der Waals surface area contributed by atoms with E-state index in [-0.39, 0.29) is 42.0 Å². The molecule has 16 heteroatoms. The number of benzene rings is 2. The van der Waals surface area contributed by atoms with Gasteiger partial charge in [-0.15, -0.1) is 0 Å². The van der Waals surface area contributed by atoms with Gasteiger partial charge >= 0.3 is 6.09 Å². The molecule has 2 fully saturated rings. The fourth-order valence-electron chi connectivity index (χ4n) is 8.20. The highest BCUT2D eigenvalue weighted by atomic mass is 16.6. The molecule has 2 N–H and O–H groups in total. The van der Waals surface area contributed by atoms with E-state index in [9.17, 15) is 28.8 Å². The Bertz CT molecular complexity index is 2410. The van der Waals surface area contributed by atoms with E-state index in [0.717, 1.165) is 64.0 Å². The summed E-state index contributed by atoms with van der Waals surface area (Å²) in [7, 11) is 0. The van der Waals surface area contributed by atoms with Gasteiger partial charge in [0.15, 0.2) is 0 Å². The number of fused-ring (bicyclic) bond motifs is 2. The Labute approximate surface area is 347 Å². The minimum Gasteiger partial charge on any atom is -0.444 e. The van der Waals surface area contributed by atoms with Crippen molar-refractivity contribution in [2.24, 2.45) is 0 Å². The van der Waals surface area contributed by atoms with Crippen LogP contribution >= 0.6 is 0 Å². The molecule has 0 radical (unpaired) electrons. The monoisotopic (exact) mass is 815 g/mol. The molecule has 4 aliphatic heterocycles. The number of aromatic nitrogens is 4. The summed E-state index contributed by atoms with van der Waals surface area (Å²) >= 11 is 0. The zero-order valence-corrected chi connectivity index (χ0v) is 34.1. The number of hydrogen-bond acceptors (Lipinski definition) is 11. The number of unbranched alkanes of at least 4 members (excludes halogenated alkanes) is 1. The van der Waals surface area contributed by atoms with Crippen molar-refractivity contribution in [2.45, 2.75) is 89.8 Å². The normalized spacial score (nSPS) is 18.8. The van der Waals surface area contributed by atoms with Gasteiger partial charge in [-0.1, -0.05) is 12.1 Å². The molecule has 6 amide bonds. The first-order valence-corrected chi connectivity index (χ1v) is 20.7. The number of amides is 6. The van der Waals surface area contributed by atoms with Gasteiger partial charge < -0.3 is 19.9 Å². The Morgan fingerprint density at radius 2 is 1.67 bits per heavy atom. The number of imide groups is 2. The van der Waals surface area contributed by atoms with Crippen molar-refractivity contribution < 1.29 is 33.5 Å². The largest absolute Gasteiger partial charge is 0.444 e. The number of carbonyl (C=O) groups excluding carboxylic acids is 6. The predicted octanol–water partition coefficient (Wildman–Crippen LogP) is 5.36. The second kappa shape index (κ2) is 16.7. The summed E-state index contributed by atoms with van der Waals surface area (Å²) in [5, 5.41) is 10.2. The van der Waals surface area contributed by atoms with Crippen LogP contribution < -0.4 is 10.6 Å². The van der Waals surface area contributed by atoms with Crippen LogP contribution in [0, 0.1) is 0 Å². The molecule has 0 bridgehead atoms. The lowest BCUT2D eigenvalue weighted by Crippen LogP contribution is -2.54. The molecule has 0 spiro atoms. The first-order valence-electron chi connectivity index (χ1n) is 20.7. The average molecular weight is 816 g/mol. The minimum absolute atomic E-state index is 0.0670. The van der Waals surface area contributed by atoms with Gasteiger partial charge in [0, 0.05) is 63.0 Å². The molecule has 4 aliphatic rings. The third-order valence-electron chi connectivity index (χ3n) is 11.4. The van der Waals surface area contributed by atoms with E-state index in [0.29, 0.717) is 51.3 Å². The zero-order chi connectivity index (χ0) is 42.1. The molecule has 0 saturated carbocycles. The molecular formula is C44H49N9O7. The van der Waals surface area contributed by atoms with Gasteiger partial charge in [0.05, 0.1) is 46.3 Å². The molecule has 1 unspecified atom stereocenters. The van der Waals surface area contributed by atoms with Gasteiger partial charge in [0.25, 0.3) is 11.8 Å². The van der Waals surface area contributed by atoms with Gasteiger partial charge in [-0.2, -0.15) is 5.10 Å². The van der Waals surface area contributed by atoms with E-state index in [1.165, 1.54) is 0 Å². The van der Waals surface area contributed by atoms with E-state index in [1.54, 1.807) is 29.3 Å². The van der Waals surface area contributed by atoms with Crippen LogP contribution in [-0.2, 0) is 19.1 Å². The van der Waals surface area contributed by atoms with Crippen LogP contribution in [0.1, 0.15) is 104 Å². The third-order valence-corrected chi connectivity index (χ3v) is 11.4. The molecule has 6 heterocycles. The van der Waals surface area contributed by atoms with Crippen LogP contribution in [0.25, 0.3) is 27.9 Å². The van der Waals surface area contributed by atoms with Crippen molar-refractivity contribution >= 4 is 57.9 Å². The first-order chi connectivity index (χ1) is 28.8. The fourth-order valence-corrected chi connectivity index (χ4v) is 8.20. The summed E-state index contributed by atoms with van der Waals surface area (Å²) in [6.07, 6.45) is 11.7. The molecule has 8 rings (SSSR count). The number of piperidine rings is 2. The molecule has 2 aromatic heterocycles. The number of likely N-dealkylation sites (tertiary alicyclic amines) is 1. The maximum Gasteiger partial charge on any atom is 0.410 e. The maximum atomic E-state index is 13.1. The van der Waals surface area contributed by atoms with Gasteiger partial charge in [-0.3, -0.25) is 43.9 Å². The Hall–Kier alpha value is -6.45. The average Bonchev–Trinajstić information content (AvgIpc) is 3.82. The molecule has 1 atom stereocenters. The number of nitrogens with one attached hydrogen (secondary N) is 2. The van der Waals surface area contributed by atoms with Crippen molar-refractivity contribution in [1.29, 1.82) is 0 Å². The Morgan fingerprint density at radius 3 is 2.42 bits per heavy atom. The van der Waals surface area contributed by atoms with E-state index < -0.39 is 35.3 Å². The Kier molecular flexibility index (Phi) is 11.2. The molecule has 312 valence electrons. The van der Waals surface area contributed by atoms with Crippen LogP contribution in [-0.4, -0.2) is 114 Å². The van der Waals surface area contributed by atoms with Crippen molar-refractivity contribution in [2.75, 3.05) is 38.0 Å². The first kappa shape index (κ1) is 40.3. The van der Waals surface area contributed by atoms with E-state index >= 15 is 0 Å². The summed E-state index contributed by atoms with van der Waals surface area (Å²) in [5.41, 5.74) is 6.00. The maximum absolute atomic E-state index is 13.1.